The van der Waals surface area contributed by atoms with Gasteiger partial charge in [-0.2, -0.15) is 0 Å². The molecule has 0 fully saturated rings. The van der Waals surface area contributed by atoms with E-state index in [2.05, 4.69) is 30.7 Å². The third-order valence-corrected chi connectivity index (χ3v) is 2.83. The maximum Gasteiger partial charge on any atom is 0.150 e. The molecule has 0 atom stereocenters. The number of hydrogen-bond donors (Lipinski definition) is 0. The van der Waals surface area contributed by atoms with Crippen LogP contribution in [0.4, 0.5) is 5.69 Å². The molecule has 17 heavy (non-hydrogen) atoms. The predicted octanol–water partition coefficient (Wildman–Crippen LogP) is 2.76. The van der Waals surface area contributed by atoms with Gasteiger partial charge in [-0.25, -0.2) is 0 Å². The largest absolute Gasteiger partial charge is 0.328 e. The Balaban J connectivity index is 2.34. The van der Waals surface area contributed by atoms with E-state index in [1.807, 2.05) is 24.3 Å². The van der Waals surface area contributed by atoms with Crippen molar-refractivity contribution < 1.29 is 4.79 Å². The zero-order valence-electron chi connectivity index (χ0n) is 10.6. The number of amidine groups is 1. The van der Waals surface area contributed by atoms with Crippen LogP contribution in [0.5, 0.6) is 0 Å². The van der Waals surface area contributed by atoms with Crippen molar-refractivity contribution in [3.63, 3.8) is 0 Å². The van der Waals surface area contributed by atoms with Gasteiger partial charge in [0.05, 0.1) is 6.54 Å². The Hall–Kier alpha value is -1.64. The molecule has 0 unspecified atom stereocenters. The van der Waals surface area contributed by atoms with E-state index < -0.39 is 0 Å². The van der Waals surface area contributed by atoms with Crippen LogP contribution in [0.2, 0.25) is 0 Å². The summed E-state index contributed by atoms with van der Waals surface area (Å²) in [4.78, 5) is 17.6. The summed E-state index contributed by atoms with van der Waals surface area (Å²) in [5.41, 5.74) is 1.80. The zero-order chi connectivity index (χ0) is 12.5. The summed E-state index contributed by atoms with van der Waals surface area (Å²) in [6.45, 7) is 8.21. The van der Waals surface area contributed by atoms with Gasteiger partial charge in [-0.05, 0) is 12.1 Å². The van der Waals surface area contributed by atoms with Crippen LogP contribution in [-0.2, 0) is 0 Å². The third kappa shape index (κ3) is 2.38. The van der Waals surface area contributed by atoms with Gasteiger partial charge in [0.1, 0.15) is 12.1 Å². The minimum Gasteiger partial charge on any atom is -0.328 e. The van der Waals surface area contributed by atoms with E-state index in [0.29, 0.717) is 5.56 Å². The van der Waals surface area contributed by atoms with Gasteiger partial charge in [-0.1, -0.05) is 32.9 Å². The minimum atomic E-state index is 0.0354. The lowest BCUT2D eigenvalue weighted by atomic mass is 9.94. The molecule has 0 aliphatic carbocycles. The predicted molar refractivity (Wildman–Crippen MR) is 70.9 cm³/mol. The van der Waals surface area contributed by atoms with Crippen molar-refractivity contribution in [2.45, 2.75) is 20.8 Å². The Bertz CT molecular complexity index is 458. The summed E-state index contributed by atoms with van der Waals surface area (Å²) < 4.78 is 0. The molecule has 3 heteroatoms. The first-order valence-corrected chi connectivity index (χ1v) is 5.90. The average Bonchev–Trinajstić information content (AvgIpc) is 2.77. The van der Waals surface area contributed by atoms with Crippen molar-refractivity contribution in [1.82, 2.24) is 0 Å². The summed E-state index contributed by atoms with van der Waals surface area (Å²) in [7, 11) is 0. The lowest BCUT2D eigenvalue weighted by Gasteiger charge is -2.29. The second-order valence-corrected chi connectivity index (χ2v) is 5.32. The number of hydrogen-bond acceptors (Lipinski definition) is 3. The Labute approximate surface area is 102 Å². The summed E-state index contributed by atoms with van der Waals surface area (Å²) >= 11 is 0. The van der Waals surface area contributed by atoms with Crippen LogP contribution in [0.25, 0.3) is 0 Å². The molecule has 1 aliphatic heterocycles. The van der Waals surface area contributed by atoms with Gasteiger partial charge in [0.25, 0.3) is 0 Å². The molecular weight excluding hydrogens is 212 g/mol. The molecule has 1 aromatic carbocycles. The quantitative estimate of drug-likeness (QED) is 0.732. The Morgan fingerprint density at radius 1 is 1.35 bits per heavy atom. The lowest BCUT2D eigenvalue weighted by Crippen LogP contribution is -2.36. The van der Waals surface area contributed by atoms with Crippen molar-refractivity contribution in [3.8, 4) is 0 Å². The molecule has 0 aromatic heterocycles. The maximum atomic E-state index is 10.8. The third-order valence-electron chi connectivity index (χ3n) is 2.83. The van der Waals surface area contributed by atoms with E-state index >= 15 is 0 Å². The zero-order valence-corrected chi connectivity index (χ0v) is 10.6. The standard InChI is InChI=1S/C14H18N2O/c1-14(2,3)13-15-7-8-16(13)12-6-4-5-11(9-12)10-17/h4-6,9-10H,7-8H2,1-3H3. The van der Waals surface area contributed by atoms with E-state index in [-0.39, 0.29) is 5.41 Å². The molecule has 3 nitrogen and oxygen atoms in total. The Kier molecular flexibility index (Phi) is 3.01. The highest BCUT2D eigenvalue weighted by atomic mass is 16.1. The fraction of sp³-hybridized carbons (Fsp3) is 0.429. The van der Waals surface area contributed by atoms with Gasteiger partial charge in [0.2, 0.25) is 0 Å². The normalized spacial score (nSPS) is 15.9. The molecule has 0 bridgehead atoms. The van der Waals surface area contributed by atoms with Gasteiger partial charge in [0.15, 0.2) is 0 Å². The highest BCUT2D eigenvalue weighted by Crippen LogP contribution is 2.27. The number of rotatable bonds is 2. The van der Waals surface area contributed by atoms with Crippen LogP contribution in [-0.4, -0.2) is 25.2 Å². The highest BCUT2D eigenvalue weighted by molar-refractivity contribution is 6.03. The summed E-state index contributed by atoms with van der Waals surface area (Å²) in [6.07, 6.45) is 0.882. The molecule has 2 rings (SSSR count). The average molecular weight is 230 g/mol. The van der Waals surface area contributed by atoms with E-state index in [9.17, 15) is 4.79 Å². The van der Waals surface area contributed by atoms with Crippen molar-refractivity contribution in [3.05, 3.63) is 29.8 Å². The molecule has 0 saturated heterocycles. The first-order valence-electron chi connectivity index (χ1n) is 5.90. The van der Waals surface area contributed by atoms with Crippen LogP contribution in [0.15, 0.2) is 29.3 Å². The second-order valence-electron chi connectivity index (χ2n) is 5.32. The summed E-state index contributed by atoms with van der Waals surface area (Å²) in [5.74, 6) is 1.10. The molecule has 1 aromatic rings. The van der Waals surface area contributed by atoms with Crippen LogP contribution in [0.3, 0.4) is 0 Å². The molecule has 0 N–H and O–H groups in total. The number of aliphatic imine (C=N–C) groups is 1. The van der Waals surface area contributed by atoms with Crippen molar-refractivity contribution >= 4 is 17.8 Å². The molecule has 90 valence electrons. The number of anilines is 1. The molecular formula is C14H18N2O. The number of nitrogens with zero attached hydrogens (tertiary/aromatic N) is 2. The molecule has 0 radical (unpaired) electrons. The van der Waals surface area contributed by atoms with Crippen LogP contribution in [0, 0.1) is 5.41 Å². The van der Waals surface area contributed by atoms with Crippen molar-refractivity contribution in [1.29, 1.82) is 0 Å². The minimum absolute atomic E-state index is 0.0354. The maximum absolute atomic E-state index is 10.8. The lowest BCUT2D eigenvalue weighted by molar-refractivity contribution is 0.112. The van der Waals surface area contributed by atoms with Gasteiger partial charge >= 0.3 is 0 Å². The Morgan fingerprint density at radius 2 is 2.12 bits per heavy atom. The molecule has 1 heterocycles. The number of carbonyl (C=O) groups is 1. The SMILES string of the molecule is CC(C)(C)C1=NCCN1c1cccc(C=O)c1. The number of carbonyl (C=O) groups excluding carboxylic acids is 1. The van der Waals surface area contributed by atoms with Crippen LogP contribution >= 0.6 is 0 Å². The highest BCUT2D eigenvalue weighted by Gasteiger charge is 2.28. The van der Waals surface area contributed by atoms with Crippen molar-refractivity contribution in [2.75, 3.05) is 18.0 Å². The summed E-state index contributed by atoms with van der Waals surface area (Å²) in [5, 5.41) is 0. The molecule has 0 amide bonds. The van der Waals surface area contributed by atoms with Gasteiger partial charge in [-0.15, -0.1) is 0 Å². The number of benzene rings is 1. The summed E-state index contributed by atoms with van der Waals surface area (Å²) in [6, 6.07) is 7.68. The van der Waals surface area contributed by atoms with E-state index in [0.717, 1.165) is 30.9 Å². The number of aldehydes is 1. The first-order chi connectivity index (χ1) is 8.02. The fourth-order valence-electron chi connectivity index (χ4n) is 2.11. The molecule has 0 spiro atoms. The van der Waals surface area contributed by atoms with Gasteiger partial charge in [-0.3, -0.25) is 9.79 Å². The molecule has 1 aliphatic rings. The monoisotopic (exact) mass is 230 g/mol. The van der Waals surface area contributed by atoms with E-state index in [4.69, 9.17) is 0 Å². The fourth-order valence-corrected chi connectivity index (χ4v) is 2.11. The van der Waals surface area contributed by atoms with Crippen molar-refractivity contribution in [2.24, 2.45) is 10.4 Å². The van der Waals surface area contributed by atoms with Crippen LogP contribution in [0.1, 0.15) is 31.1 Å². The smallest absolute Gasteiger partial charge is 0.150 e. The van der Waals surface area contributed by atoms with Gasteiger partial charge < -0.3 is 4.90 Å². The van der Waals surface area contributed by atoms with Gasteiger partial charge in [0, 0.05) is 23.2 Å². The second kappa shape index (κ2) is 4.32. The van der Waals surface area contributed by atoms with E-state index in [1.54, 1.807) is 0 Å². The topological polar surface area (TPSA) is 32.7 Å². The first kappa shape index (κ1) is 11.8. The Morgan fingerprint density at radius 3 is 2.76 bits per heavy atom. The van der Waals surface area contributed by atoms with E-state index in [1.165, 1.54) is 0 Å². The molecule has 0 saturated carbocycles. The van der Waals surface area contributed by atoms with Crippen LogP contribution < -0.4 is 4.90 Å².